The van der Waals surface area contributed by atoms with E-state index in [-0.39, 0.29) is 6.04 Å². The molecule has 2 rings (SSSR count). The van der Waals surface area contributed by atoms with Gasteiger partial charge in [-0.25, -0.2) is 4.98 Å². The van der Waals surface area contributed by atoms with Gasteiger partial charge in [-0.1, -0.05) is 0 Å². The Hall–Kier alpha value is -1.59. The molecule has 86 valence electrons. The van der Waals surface area contributed by atoms with Gasteiger partial charge in [0, 0.05) is 24.8 Å². The largest absolute Gasteiger partial charge is 0.383 e. The highest BCUT2D eigenvalue weighted by Gasteiger charge is 2.02. The number of fused-ring (bicyclic) bond motifs is 1. The quantitative estimate of drug-likeness (QED) is 0.605. The normalized spacial score (nSPS) is 12.9. The number of rotatable bonds is 4. The maximum Gasteiger partial charge on any atom is 0.104 e. The molecule has 5 heteroatoms. The van der Waals surface area contributed by atoms with Gasteiger partial charge >= 0.3 is 0 Å². The van der Waals surface area contributed by atoms with Crippen LogP contribution in [0, 0.1) is 6.92 Å². The number of anilines is 1. The maximum atomic E-state index is 5.73. The molecule has 1 unspecified atom stereocenters. The van der Waals surface area contributed by atoms with Crippen molar-refractivity contribution in [3.8, 4) is 0 Å². The lowest BCUT2D eigenvalue weighted by Crippen LogP contribution is -2.36. The van der Waals surface area contributed by atoms with Gasteiger partial charge in [0.15, 0.2) is 0 Å². The van der Waals surface area contributed by atoms with E-state index in [0.29, 0.717) is 13.1 Å². The number of imidazole rings is 1. The third kappa shape index (κ3) is 2.32. The van der Waals surface area contributed by atoms with Crippen molar-refractivity contribution in [1.82, 2.24) is 9.97 Å². The molecule has 16 heavy (non-hydrogen) atoms. The minimum atomic E-state index is -0.0146. The van der Waals surface area contributed by atoms with Crippen LogP contribution in [0.15, 0.2) is 18.2 Å². The zero-order valence-corrected chi connectivity index (χ0v) is 9.33. The molecule has 1 atom stereocenters. The molecular weight excluding hydrogens is 202 g/mol. The lowest BCUT2D eigenvalue weighted by molar-refractivity contribution is 0.713. The number of hydrogen-bond donors (Lipinski definition) is 4. The first kappa shape index (κ1) is 10.9. The molecule has 1 aromatic heterocycles. The van der Waals surface area contributed by atoms with E-state index < -0.39 is 0 Å². The Labute approximate surface area is 94.2 Å². The molecular formula is C11H17N5. The van der Waals surface area contributed by atoms with E-state index in [1.54, 1.807) is 0 Å². The Morgan fingerprint density at radius 2 is 2.31 bits per heavy atom. The summed E-state index contributed by atoms with van der Waals surface area (Å²) < 4.78 is 0. The van der Waals surface area contributed by atoms with Gasteiger partial charge < -0.3 is 21.8 Å². The third-order valence-corrected chi connectivity index (χ3v) is 2.47. The van der Waals surface area contributed by atoms with Gasteiger partial charge in [0.2, 0.25) is 0 Å². The third-order valence-electron chi connectivity index (χ3n) is 2.47. The van der Waals surface area contributed by atoms with E-state index >= 15 is 0 Å². The molecule has 6 N–H and O–H groups in total. The number of benzene rings is 1. The molecule has 0 fully saturated rings. The van der Waals surface area contributed by atoms with Crippen LogP contribution in [-0.4, -0.2) is 29.1 Å². The zero-order valence-electron chi connectivity index (χ0n) is 9.33. The molecule has 1 aromatic carbocycles. The summed E-state index contributed by atoms with van der Waals surface area (Å²) in [6.45, 7) is 3.10. The fraction of sp³-hybridized carbons (Fsp3) is 0.364. The lowest BCUT2D eigenvalue weighted by atomic mass is 10.2. The molecule has 0 saturated heterocycles. The summed E-state index contributed by atoms with van der Waals surface area (Å²) >= 11 is 0. The molecule has 2 aromatic rings. The Kier molecular flexibility index (Phi) is 3.07. The molecule has 0 saturated carbocycles. The maximum absolute atomic E-state index is 5.73. The average Bonchev–Trinajstić information content (AvgIpc) is 2.65. The van der Waals surface area contributed by atoms with E-state index in [9.17, 15) is 0 Å². The van der Waals surface area contributed by atoms with Gasteiger partial charge in [0.05, 0.1) is 11.0 Å². The summed E-state index contributed by atoms with van der Waals surface area (Å²) in [5.74, 6) is 0.922. The van der Waals surface area contributed by atoms with Crippen LogP contribution in [0.5, 0.6) is 0 Å². The van der Waals surface area contributed by atoms with E-state index in [0.717, 1.165) is 22.5 Å². The van der Waals surface area contributed by atoms with Crippen LogP contribution in [0.1, 0.15) is 5.82 Å². The first-order chi connectivity index (χ1) is 7.69. The Morgan fingerprint density at radius 3 is 3.06 bits per heavy atom. The van der Waals surface area contributed by atoms with Crippen LogP contribution in [0.3, 0.4) is 0 Å². The smallest absolute Gasteiger partial charge is 0.104 e. The molecule has 0 spiro atoms. The number of aryl methyl sites for hydroxylation is 1. The summed E-state index contributed by atoms with van der Waals surface area (Å²) in [6, 6.07) is 5.98. The van der Waals surface area contributed by atoms with Crippen LogP contribution in [0.2, 0.25) is 0 Å². The fourth-order valence-electron chi connectivity index (χ4n) is 1.58. The summed E-state index contributed by atoms with van der Waals surface area (Å²) in [7, 11) is 0. The second-order valence-corrected chi connectivity index (χ2v) is 3.93. The number of aromatic amines is 1. The molecule has 5 nitrogen and oxygen atoms in total. The van der Waals surface area contributed by atoms with Crippen molar-refractivity contribution in [1.29, 1.82) is 0 Å². The van der Waals surface area contributed by atoms with Gasteiger partial charge in [-0.3, -0.25) is 0 Å². The van der Waals surface area contributed by atoms with Crippen molar-refractivity contribution in [3.05, 3.63) is 24.0 Å². The summed E-state index contributed by atoms with van der Waals surface area (Å²) in [5.41, 5.74) is 14.2. The van der Waals surface area contributed by atoms with E-state index in [4.69, 9.17) is 11.5 Å². The second kappa shape index (κ2) is 4.51. The lowest BCUT2D eigenvalue weighted by Gasteiger charge is -2.11. The van der Waals surface area contributed by atoms with Crippen molar-refractivity contribution in [2.45, 2.75) is 13.0 Å². The van der Waals surface area contributed by atoms with Gasteiger partial charge in [0.1, 0.15) is 5.82 Å². The van der Waals surface area contributed by atoms with E-state index in [2.05, 4.69) is 15.3 Å². The van der Waals surface area contributed by atoms with Crippen LogP contribution in [0.25, 0.3) is 11.0 Å². The number of nitrogens with two attached hydrogens (primary N) is 2. The SMILES string of the molecule is Cc1nc2ccc(NCC(N)CN)cc2[nH]1. The predicted molar refractivity (Wildman–Crippen MR) is 66.4 cm³/mol. The summed E-state index contributed by atoms with van der Waals surface area (Å²) in [6.07, 6.45) is 0. The van der Waals surface area contributed by atoms with Crippen LogP contribution < -0.4 is 16.8 Å². The van der Waals surface area contributed by atoms with Gasteiger partial charge in [-0.15, -0.1) is 0 Å². The molecule has 1 heterocycles. The molecule has 0 radical (unpaired) electrons. The highest BCUT2D eigenvalue weighted by Crippen LogP contribution is 2.16. The van der Waals surface area contributed by atoms with Crippen molar-refractivity contribution in [2.75, 3.05) is 18.4 Å². The second-order valence-electron chi connectivity index (χ2n) is 3.93. The molecule has 0 bridgehead atoms. The van der Waals surface area contributed by atoms with Crippen LogP contribution >= 0.6 is 0 Å². The number of nitrogens with one attached hydrogen (secondary N) is 2. The highest BCUT2D eigenvalue weighted by molar-refractivity contribution is 5.79. The standard InChI is InChI=1S/C11H17N5/c1-7-15-10-3-2-9(4-11(10)16-7)14-6-8(13)5-12/h2-4,8,14H,5-6,12-13H2,1H3,(H,15,16). The number of aromatic nitrogens is 2. The molecule has 0 aliphatic heterocycles. The zero-order chi connectivity index (χ0) is 11.5. The Bertz CT molecular complexity index is 476. The highest BCUT2D eigenvalue weighted by atomic mass is 14.9. The van der Waals surface area contributed by atoms with Crippen molar-refractivity contribution in [3.63, 3.8) is 0 Å². The monoisotopic (exact) mass is 219 g/mol. The van der Waals surface area contributed by atoms with Crippen molar-refractivity contribution < 1.29 is 0 Å². The van der Waals surface area contributed by atoms with Gasteiger partial charge in [0.25, 0.3) is 0 Å². The minimum absolute atomic E-state index is 0.0146. The molecule has 0 amide bonds. The first-order valence-electron chi connectivity index (χ1n) is 5.35. The number of hydrogen-bond acceptors (Lipinski definition) is 4. The summed E-state index contributed by atoms with van der Waals surface area (Å²) in [4.78, 5) is 7.53. The Balaban J connectivity index is 2.13. The molecule has 0 aliphatic rings. The fourth-order valence-corrected chi connectivity index (χ4v) is 1.58. The van der Waals surface area contributed by atoms with Crippen LogP contribution in [-0.2, 0) is 0 Å². The van der Waals surface area contributed by atoms with E-state index in [1.165, 1.54) is 0 Å². The number of H-pyrrole nitrogens is 1. The molecule has 0 aliphatic carbocycles. The topological polar surface area (TPSA) is 92.8 Å². The minimum Gasteiger partial charge on any atom is -0.383 e. The van der Waals surface area contributed by atoms with Crippen LogP contribution in [0.4, 0.5) is 5.69 Å². The summed E-state index contributed by atoms with van der Waals surface area (Å²) in [5, 5.41) is 3.24. The predicted octanol–water partition coefficient (Wildman–Crippen LogP) is 0.569. The van der Waals surface area contributed by atoms with Gasteiger partial charge in [-0.2, -0.15) is 0 Å². The Morgan fingerprint density at radius 1 is 1.50 bits per heavy atom. The first-order valence-corrected chi connectivity index (χ1v) is 5.35. The van der Waals surface area contributed by atoms with E-state index in [1.807, 2.05) is 25.1 Å². The van der Waals surface area contributed by atoms with Crippen molar-refractivity contribution in [2.24, 2.45) is 11.5 Å². The van der Waals surface area contributed by atoms with Gasteiger partial charge in [-0.05, 0) is 25.1 Å². The van der Waals surface area contributed by atoms with Crippen molar-refractivity contribution >= 4 is 16.7 Å². The average molecular weight is 219 g/mol. The number of nitrogens with zero attached hydrogens (tertiary/aromatic N) is 1.